The van der Waals surface area contributed by atoms with Crippen molar-refractivity contribution in [3.8, 4) is 0 Å². The van der Waals surface area contributed by atoms with E-state index in [9.17, 15) is 19.0 Å². The average molecular weight is 322 g/mol. The van der Waals surface area contributed by atoms with Gasteiger partial charge in [0, 0.05) is 17.0 Å². The smallest absolute Gasteiger partial charge is 0.137 e. The van der Waals surface area contributed by atoms with Crippen LogP contribution >= 0.6 is 15.9 Å². The fourth-order valence-electron chi connectivity index (χ4n) is 1.36. The van der Waals surface area contributed by atoms with Crippen LogP contribution in [0.1, 0.15) is 18.1 Å². The van der Waals surface area contributed by atoms with Crippen LogP contribution in [0.15, 0.2) is 21.7 Å². The van der Waals surface area contributed by atoms with Crippen LogP contribution < -0.4 is 0 Å². The number of aliphatic hydroxyl groups excluding tert-OH is 2. The van der Waals surface area contributed by atoms with E-state index >= 15 is 0 Å². The van der Waals surface area contributed by atoms with Gasteiger partial charge in [0.25, 0.3) is 0 Å². The normalized spacial score (nSPS) is 13.8. The summed E-state index contributed by atoms with van der Waals surface area (Å²) in [4.78, 5) is 2.47. The van der Waals surface area contributed by atoms with Crippen LogP contribution in [-0.2, 0) is 0 Å². The summed E-state index contributed by atoms with van der Waals surface area (Å²) >= 11 is 2.80. The second-order valence-corrected chi connectivity index (χ2v) is 4.40. The Labute approximate surface area is 110 Å². The lowest BCUT2D eigenvalue weighted by molar-refractivity contribution is 0.0128. The topological polar surface area (TPSA) is 89.2 Å². The van der Waals surface area contributed by atoms with Gasteiger partial charge < -0.3 is 10.2 Å². The predicted molar refractivity (Wildman–Crippen MR) is 63.7 cm³/mol. The Morgan fingerprint density at radius 1 is 1.33 bits per heavy atom. The molecule has 0 spiro atoms. The molecule has 0 saturated carbocycles. The third-order valence-electron chi connectivity index (χ3n) is 2.31. The maximum absolute atomic E-state index is 13.5. The van der Waals surface area contributed by atoms with Crippen molar-refractivity contribution in [2.24, 2.45) is 5.11 Å². The summed E-state index contributed by atoms with van der Waals surface area (Å²) in [7, 11) is 0. The van der Waals surface area contributed by atoms with Gasteiger partial charge in [0.15, 0.2) is 0 Å². The molecule has 0 aromatic heterocycles. The minimum Gasteiger partial charge on any atom is -0.390 e. The molecule has 0 aliphatic heterocycles. The largest absolute Gasteiger partial charge is 0.390 e. The van der Waals surface area contributed by atoms with E-state index in [1.165, 1.54) is 0 Å². The minimum absolute atomic E-state index is 0.0463. The van der Waals surface area contributed by atoms with Crippen LogP contribution in [0.4, 0.5) is 8.78 Å². The molecule has 0 radical (unpaired) electrons. The summed E-state index contributed by atoms with van der Waals surface area (Å²) in [6.45, 7) is -0.0463. The molecule has 98 valence electrons. The van der Waals surface area contributed by atoms with Gasteiger partial charge in [-0.1, -0.05) is 5.11 Å². The van der Waals surface area contributed by atoms with Crippen molar-refractivity contribution in [3.63, 3.8) is 0 Å². The van der Waals surface area contributed by atoms with Gasteiger partial charge in [0.05, 0.1) is 10.6 Å². The number of nitrogens with zero attached hydrogens (tertiary/aromatic N) is 3. The molecule has 0 heterocycles. The van der Waals surface area contributed by atoms with Crippen molar-refractivity contribution < 1.29 is 19.0 Å². The first-order valence-corrected chi connectivity index (χ1v) is 5.78. The number of rotatable bonds is 5. The Kier molecular flexibility index (Phi) is 5.49. The van der Waals surface area contributed by atoms with Gasteiger partial charge in [-0.3, -0.25) is 0 Å². The lowest BCUT2D eigenvalue weighted by Gasteiger charge is -2.18. The van der Waals surface area contributed by atoms with Crippen molar-refractivity contribution in [1.29, 1.82) is 0 Å². The van der Waals surface area contributed by atoms with Gasteiger partial charge in [-0.2, -0.15) is 0 Å². The van der Waals surface area contributed by atoms with Gasteiger partial charge in [-0.05, 0) is 40.0 Å². The summed E-state index contributed by atoms with van der Waals surface area (Å²) in [6.07, 6.45) is -2.98. The fourth-order valence-corrected chi connectivity index (χ4v) is 1.68. The van der Waals surface area contributed by atoms with E-state index in [4.69, 9.17) is 5.53 Å². The van der Waals surface area contributed by atoms with E-state index < -0.39 is 23.8 Å². The number of azide groups is 1. The molecule has 18 heavy (non-hydrogen) atoms. The second-order valence-electron chi connectivity index (χ2n) is 3.54. The summed E-state index contributed by atoms with van der Waals surface area (Å²) in [5.74, 6) is -1.58. The maximum Gasteiger partial charge on any atom is 0.137 e. The van der Waals surface area contributed by atoms with E-state index in [0.29, 0.717) is 0 Å². The van der Waals surface area contributed by atoms with E-state index in [1.54, 1.807) is 0 Å². The van der Waals surface area contributed by atoms with Crippen molar-refractivity contribution in [3.05, 3.63) is 44.2 Å². The Hall–Kier alpha value is -1.21. The Balaban J connectivity index is 2.85. The van der Waals surface area contributed by atoms with Gasteiger partial charge in [-0.25, -0.2) is 8.78 Å². The molecule has 0 saturated heterocycles. The lowest BCUT2D eigenvalue weighted by Crippen LogP contribution is -2.20. The van der Waals surface area contributed by atoms with Crippen molar-refractivity contribution >= 4 is 15.9 Å². The number of halogens is 3. The molecule has 0 aliphatic carbocycles. The number of benzene rings is 1. The zero-order valence-electron chi connectivity index (χ0n) is 9.09. The predicted octanol–water partition coefficient (Wildman–Crippen LogP) is 2.82. The van der Waals surface area contributed by atoms with Gasteiger partial charge in [-0.15, -0.1) is 0 Å². The Morgan fingerprint density at radius 3 is 2.61 bits per heavy atom. The minimum atomic E-state index is -1.58. The SMILES string of the molecule is [N-]=[N+]=NCCC(O)C(O)c1cc(F)c(Br)cc1F. The molecule has 1 rings (SSSR count). The highest BCUT2D eigenvalue weighted by Crippen LogP contribution is 2.26. The molecule has 0 fully saturated rings. The summed E-state index contributed by atoms with van der Waals surface area (Å²) in [5.41, 5.74) is 7.70. The monoisotopic (exact) mass is 321 g/mol. The molecular formula is C10H10BrF2N3O2. The van der Waals surface area contributed by atoms with E-state index in [0.717, 1.165) is 12.1 Å². The molecule has 0 aliphatic rings. The molecular weight excluding hydrogens is 312 g/mol. The highest BCUT2D eigenvalue weighted by atomic mass is 79.9. The summed E-state index contributed by atoms with van der Waals surface area (Å²) in [5, 5.41) is 22.4. The van der Waals surface area contributed by atoms with Crippen LogP contribution in [0.2, 0.25) is 0 Å². The first kappa shape index (κ1) is 14.8. The highest BCUT2D eigenvalue weighted by molar-refractivity contribution is 9.10. The zero-order valence-corrected chi connectivity index (χ0v) is 10.7. The first-order valence-electron chi connectivity index (χ1n) is 4.98. The van der Waals surface area contributed by atoms with Crippen LogP contribution in [0.5, 0.6) is 0 Å². The quantitative estimate of drug-likeness (QED) is 0.378. The third kappa shape index (κ3) is 3.64. The summed E-state index contributed by atoms with van der Waals surface area (Å²) < 4.78 is 26.6. The van der Waals surface area contributed by atoms with Gasteiger partial charge in [0.1, 0.15) is 17.7 Å². The lowest BCUT2D eigenvalue weighted by atomic mass is 10.0. The molecule has 1 aromatic carbocycles. The molecule has 2 unspecified atom stereocenters. The van der Waals surface area contributed by atoms with Crippen LogP contribution in [0.3, 0.4) is 0 Å². The number of aliphatic hydroxyl groups is 2. The van der Waals surface area contributed by atoms with Crippen molar-refractivity contribution in [1.82, 2.24) is 0 Å². The second kappa shape index (κ2) is 6.65. The average Bonchev–Trinajstić information content (AvgIpc) is 2.33. The van der Waals surface area contributed by atoms with E-state index in [1.807, 2.05) is 0 Å². The number of hydrogen-bond acceptors (Lipinski definition) is 3. The first-order chi connectivity index (χ1) is 8.47. The zero-order chi connectivity index (χ0) is 13.7. The van der Waals surface area contributed by atoms with Crippen LogP contribution in [0, 0.1) is 11.6 Å². The third-order valence-corrected chi connectivity index (χ3v) is 2.92. The summed E-state index contributed by atoms with van der Waals surface area (Å²) in [6, 6.07) is 1.68. The van der Waals surface area contributed by atoms with E-state index in [-0.39, 0.29) is 23.0 Å². The molecule has 2 N–H and O–H groups in total. The van der Waals surface area contributed by atoms with Crippen molar-refractivity contribution in [2.45, 2.75) is 18.6 Å². The van der Waals surface area contributed by atoms with Gasteiger partial charge in [0.2, 0.25) is 0 Å². The Bertz CT molecular complexity index is 480. The molecule has 2 atom stereocenters. The van der Waals surface area contributed by atoms with Gasteiger partial charge >= 0.3 is 0 Å². The molecule has 0 amide bonds. The highest BCUT2D eigenvalue weighted by Gasteiger charge is 2.22. The number of hydrogen-bond donors (Lipinski definition) is 2. The maximum atomic E-state index is 13.5. The van der Waals surface area contributed by atoms with Crippen LogP contribution in [-0.4, -0.2) is 22.9 Å². The standard InChI is InChI=1S/C10H10BrF2N3O2/c11-6-4-7(12)5(3-8(6)13)10(18)9(17)1-2-15-16-14/h3-4,9-10,17-18H,1-2H2. The molecule has 8 heteroatoms. The van der Waals surface area contributed by atoms with E-state index in [2.05, 4.69) is 26.0 Å². The molecule has 0 bridgehead atoms. The van der Waals surface area contributed by atoms with Crippen LogP contribution in [0.25, 0.3) is 10.4 Å². The molecule has 5 nitrogen and oxygen atoms in total. The molecule has 1 aromatic rings. The van der Waals surface area contributed by atoms with Crippen molar-refractivity contribution in [2.75, 3.05) is 6.54 Å². The fraction of sp³-hybridized carbons (Fsp3) is 0.400. The Morgan fingerprint density at radius 2 is 2.00 bits per heavy atom.